The first-order valence-electron chi connectivity index (χ1n) is 10.0. The molecule has 0 N–H and O–H groups in total. The predicted molar refractivity (Wildman–Crippen MR) is 106 cm³/mol. The first-order chi connectivity index (χ1) is 13.3. The lowest BCUT2D eigenvalue weighted by atomic mass is 9.88. The van der Waals surface area contributed by atoms with Crippen molar-refractivity contribution in [3.63, 3.8) is 0 Å². The monoisotopic (exact) mass is 410 g/mol. The van der Waals surface area contributed by atoms with Crippen LogP contribution in [0.2, 0.25) is 5.02 Å². The Morgan fingerprint density at radius 2 is 1.86 bits per heavy atom. The highest BCUT2D eigenvalue weighted by atomic mass is 35.5. The van der Waals surface area contributed by atoms with Crippen molar-refractivity contribution in [3.05, 3.63) is 34.6 Å². The molecule has 1 aliphatic carbocycles. The Balaban J connectivity index is 1.52. The van der Waals surface area contributed by atoms with Crippen LogP contribution in [0.3, 0.4) is 0 Å². The molecule has 2 aliphatic rings. The second-order valence-corrected chi connectivity index (χ2v) is 8.35. The number of halogens is 2. The van der Waals surface area contributed by atoms with Crippen LogP contribution in [0.5, 0.6) is 0 Å². The molecule has 28 heavy (non-hydrogen) atoms. The van der Waals surface area contributed by atoms with Crippen molar-refractivity contribution in [3.8, 4) is 0 Å². The molecule has 1 heterocycles. The van der Waals surface area contributed by atoms with Crippen LogP contribution in [0.4, 0.5) is 4.39 Å². The van der Waals surface area contributed by atoms with Gasteiger partial charge in [-0.25, -0.2) is 4.39 Å². The number of ether oxygens (including phenoxy) is 1. The van der Waals surface area contributed by atoms with Crippen molar-refractivity contribution >= 4 is 23.4 Å². The van der Waals surface area contributed by atoms with E-state index < -0.39 is 17.8 Å². The summed E-state index contributed by atoms with van der Waals surface area (Å²) in [5, 5.41) is 0.321. The average molecular weight is 411 g/mol. The lowest BCUT2D eigenvalue weighted by Crippen LogP contribution is -2.53. The number of amides is 2. The Bertz CT molecular complexity index is 722. The van der Waals surface area contributed by atoms with Gasteiger partial charge in [0, 0.05) is 31.2 Å². The first-order valence-corrected chi connectivity index (χ1v) is 10.4. The number of carbonyl (C=O) groups is 2. The largest absolute Gasteiger partial charge is 0.365 e. The van der Waals surface area contributed by atoms with E-state index in [1.165, 1.54) is 24.6 Å². The highest BCUT2D eigenvalue weighted by Gasteiger charge is 2.30. The zero-order valence-electron chi connectivity index (χ0n) is 16.5. The standard InChI is InChI=1S/C21H28ClFN2O3/c1-14-4-3-5-17(12-14)28-15(2)20(26)24-8-10-25(11-9-24)21(27)18-13-16(22)6-7-19(18)23/h6-7,13-15,17H,3-5,8-12H2,1-2H3. The SMILES string of the molecule is CC1CCCC(OC(C)C(=O)N2CCN(C(=O)c3cc(Cl)ccc3F)CC2)C1. The number of rotatable bonds is 4. The van der Waals surface area contributed by atoms with E-state index in [1.807, 2.05) is 0 Å². The summed E-state index contributed by atoms with van der Waals surface area (Å²) in [6.07, 6.45) is 4.05. The van der Waals surface area contributed by atoms with Crippen LogP contribution < -0.4 is 0 Å². The van der Waals surface area contributed by atoms with Gasteiger partial charge in [-0.05, 0) is 43.9 Å². The molecular weight excluding hydrogens is 383 g/mol. The lowest BCUT2D eigenvalue weighted by Gasteiger charge is -2.37. The van der Waals surface area contributed by atoms with Gasteiger partial charge in [0.25, 0.3) is 11.8 Å². The van der Waals surface area contributed by atoms with E-state index in [0.29, 0.717) is 37.1 Å². The normalized spacial score (nSPS) is 24.1. The van der Waals surface area contributed by atoms with E-state index >= 15 is 0 Å². The molecular formula is C21H28ClFN2O3. The van der Waals surface area contributed by atoms with Gasteiger partial charge >= 0.3 is 0 Å². The van der Waals surface area contributed by atoms with Crippen LogP contribution in [-0.4, -0.2) is 60.0 Å². The van der Waals surface area contributed by atoms with Crippen LogP contribution in [0.15, 0.2) is 18.2 Å². The Morgan fingerprint density at radius 3 is 2.54 bits per heavy atom. The summed E-state index contributed by atoms with van der Waals surface area (Å²) >= 11 is 5.88. The van der Waals surface area contributed by atoms with Gasteiger partial charge in [0.15, 0.2) is 0 Å². The third kappa shape index (κ3) is 5.03. The summed E-state index contributed by atoms with van der Waals surface area (Å²) in [5.41, 5.74) is -0.0320. The summed E-state index contributed by atoms with van der Waals surface area (Å²) in [6, 6.07) is 3.96. The Hall–Kier alpha value is -1.66. The molecule has 3 atom stereocenters. The minimum absolute atomic E-state index is 0.0320. The maximum Gasteiger partial charge on any atom is 0.257 e. The van der Waals surface area contributed by atoms with Crippen molar-refractivity contribution in [2.24, 2.45) is 5.92 Å². The molecule has 1 aromatic carbocycles. The molecule has 5 nitrogen and oxygen atoms in total. The van der Waals surface area contributed by atoms with Crippen LogP contribution in [0.1, 0.15) is 49.9 Å². The average Bonchev–Trinajstić information content (AvgIpc) is 2.69. The molecule has 3 unspecified atom stereocenters. The summed E-state index contributed by atoms with van der Waals surface area (Å²) < 4.78 is 20.0. The summed E-state index contributed by atoms with van der Waals surface area (Å²) in [5.74, 6) is -0.383. The Kier molecular flexibility index (Phi) is 6.94. The lowest BCUT2D eigenvalue weighted by molar-refractivity contribution is -0.149. The number of carbonyl (C=O) groups excluding carboxylic acids is 2. The fourth-order valence-corrected chi connectivity index (χ4v) is 4.24. The van der Waals surface area contributed by atoms with Crippen molar-refractivity contribution in [2.75, 3.05) is 26.2 Å². The quantitative estimate of drug-likeness (QED) is 0.759. The molecule has 0 bridgehead atoms. The van der Waals surface area contributed by atoms with Crippen LogP contribution in [-0.2, 0) is 9.53 Å². The zero-order valence-corrected chi connectivity index (χ0v) is 17.3. The second-order valence-electron chi connectivity index (χ2n) is 7.91. The maximum atomic E-state index is 13.9. The van der Waals surface area contributed by atoms with Gasteiger partial charge in [0.05, 0.1) is 11.7 Å². The molecule has 3 rings (SSSR count). The third-order valence-corrected chi connectivity index (χ3v) is 5.91. The summed E-state index contributed by atoms with van der Waals surface area (Å²) in [4.78, 5) is 28.6. The van der Waals surface area contributed by atoms with Crippen molar-refractivity contribution < 1.29 is 18.7 Å². The van der Waals surface area contributed by atoms with Gasteiger partial charge in [0.2, 0.25) is 0 Å². The van der Waals surface area contributed by atoms with Gasteiger partial charge in [0.1, 0.15) is 11.9 Å². The van der Waals surface area contributed by atoms with E-state index in [-0.39, 0.29) is 17.6 Å². The smallest absolute Gasteiger partial charge is 0.257 e. The van der Waals surface area contributed by atoms with Crippen LogP contribution >= 0.6 is 11.6 Å². The number of hydrogen-bond donors (Lipinski definition) is 0. The molecule has 1 saturated carbocycles. The topological polar surface area (TPSA) is 49.9 Å². The maximum absolute atomic E-state index is 13.9. The number of piperazine rings is 1. The van der Waals surface area contributed by atoms with Gasteiger partial charge in [-0.1, -0.05) is 31.4 Å². The molecule has 0 aromatic heterocycles. The molecule has 1 aliphatic heterocycles. The van der Waals surface area contributed by atoms with Gasteiger partial charge < -0.3 is 14.5 Å². The summed E-state index contributed by atoms with van der Waals surface area (Å²) in [7, 11) is 0. The fourth-order valence-electron chi connectivity index (χ4n) is 4.07. The number of nitrogens with zero attached hydrogens (tertiary/aromatic N) is 2. The molecule has 0 radical (unpaired) electrons. The Morgan fingerprint density at radius 1 is 1.18 bits per heavy atom. The number of hydrogen-bond acceptors (Lipinski definition) is 3. The fraction of sp³-hybridized carbons (Fsp3) is 0.619. The molecule has 1 saturated heterocycles. The van der Waals surface area contributed by atoms with Crippen LogP contribution in [0.25, 0.3) is 0 Å². The van der Waals surface area contributed by atoms with E-state index in [9.17, 15) is 14.0 Å². The predicted octanol–water partition coefficient (Wildman–Crippen LogP) is 3.75. The second kappa shape index (κ2) is 9.23. The number of benzene rings is 1. The van der Waals surface area contributed by atoms with E-state index in [0.717, 1.165) is 19.3 Å². The van der Waals surface area contributed by atoms with E-state index in [4.69, 9.17) is 16.3 Å². The van der Waals surface area contributed by atoms with Gasteiger partial charge in [-0.15, -0.1) is 0 Å². The first kappa shape index (κ1) is 21.1. The van der Waals surface area contributed by atoms with E-state index in [2.05, 4.69) is 6.92 Å². The zero-order chi connectivity index (χ0) is 20.3. The van der Waals surface area contributed by atoms with Gasteiger partial charge in [-0.3, -0.25) is 9.59 Å². The van der Waals surface area contributed by atoms with Crippen molar-refractivity contribution in [1.29, 1.82) is 0 Å². The molecule has 1 aromatic rings. The molecule has 7 heteroatoms. The molecule has 2 fully saturated rings. The highest BCUT2D eigenvalue weighted by Crippen LogP contribution is 2.27. The van der Waals surface area contributed by atoms with Gasteiger partial charge in [-0.2, -0.15) is 0 Å². The van der Waals surface area contributed by atoms with Crippen molar-refractivity contribution in [2.45, 2.75) is 51.7 Å². The van der Waals surface area contributed by atoms with Crippen LogP contribution in [0, 0.1) is 11.7 Å². The minimum Gasteiger partial charge on any atom is -0.365 e. The van der Waals surface area contributed by atoms with E-state index in [1.54, 1.807) is 16.7 Å². The molecule has 0 spiro atoms. The highest BCUT2D eigenvalue weighted by molar-refractivity contribution is 6.31. The summed E-state index contributed by atoms with van der Waals surface area (Å²) in [6.45, 7) is 5.60. The molecule has 2 amide bonds. The minimum atomic E-state index is -0.586. The van der Waals surface area contributed by atoms with Crippen molar-refractivity contribution in [1.82, 2.24) is 9.80 Å². The third-order valence-electron chi connectivity index (χ3n) is 5.67. The Labute approximate surface area is 170 Å². The molecule has 154 valence electrons.